The Morgan fingerprint density at radius 1 is 1.04 bits per heavy atom. The van der Waals surface area contributed by atoms with Crippen molar-refractivity contribution in [2.45, 2.75) is 0 Å². The number of carbonyl (C=O) groups excluding carboxylic acids is 2. The molecule has 0 radical (unpaired) electrons. The van der Waals surface area contributed by atoms with Crippen molar-refractivity contribution in [1.82, 2.24) is 5.01 Å². The molecule has 5 nitrogen and oxygen atoms in total. The second-order valence-corrected chi connectivity index (χ2v) is 7.15. The van der Waals surface area contributed by atoms with Crippen LogP contribution in [-0.2, 0) is 0 Å². The van der Waals surface area contributed by atoms with E-state index in [1.165, 1.54) is 6.21 Å². The van der Waals surface area contributed by atoms with E-state index in [4.69, 9.17) is 0 Å². The molecule has 0 saturated carbocycles. The first-order chi connectivity index (χ1) is 11.0. The maximum Gasteiger partial charge on any atom is 0.282 e. The van der Waals surface area contributed by atoms with Crippen LogP contribution >= 0.6 is 45.2 Å². The van der Waals surface area contributed by atoms with E-state index < -0.39 is 11.8 Å². The second kappa shape index (κ2) is 6.56. The van der Waals surface area contributed by atoms with E-state index in [1.807, 2.05) is 19.2 Å². The summed E-state index contributed by atoms with van der Waals surface area (Å²) in [6.07, 6.45) is 1.53. The Balaban J connectivity index is 1.90. The van der Waals surface area contributed by atoms with Crippen LogP contribution in [0.1, 0.15) is 26.3 Å². The third kappa shape index (κ3) is 2.99. The van der Waals surface area contributed by atoms with Crippen LogP contribution in [0.15, 0.2) is 41.5 Å². The predicted octanol–water partition coefficient (Wildman–Crippen LogP) is 3.57. The molecule has 0 saturated heterocycles. The minimum absolute atomic E-state index is 0.391. The topological polar surface area (TPSA) is 61.8 Å². The monoisotopic (exact) mass is 531 g/mol. The van der Waals surface area contributed by atoms with Gasteiger partial charge >= 0.3 is 0 Å². The van der Waals surface area contributed by atoms with E-state index in [0.717, 1.165) is 23.4 Å². The van der Waals surface area contributed by atoms with E-state index in [2.05, 4.69) is 55.6 Å². The molecule has 23 heavy (non-hydrogen) atoms. The van der Waals surface area contributed by atoms with E-state index in [1.54, 1.807) is 24.3 Å². The summed E-state index contributed by atoms with van der Waals surface area (Å²) in [6, 6.07) is 10.6. The molecule has 0 bridgehead atoms. The number of imide groups is 1. The SMILES string of the molecule is CNc1c(I)cc(/C=N\N2C(=O)c3ccccc3C2=O)cc1I. The molecule has 2 aromatic carbocycles. The molecule has 3 rings (SSSR count). The molecule has 2 aromatic rings. The van der Waals surface area contributed by atoms with Gasteiger partial charge in [-0.2, -0.15) is 10.1 Å². The number of nitrogens with zero attached hydrogens (tertiary/aromatic N) is 2. The van der Waals surface area contributed by atoms with Gasteiger partial charge in [0.15, 0.2) is 0 Å². The first-order valence-electron chi connectivity index (χ1n) is 6.71. The molecule has 1 aliphatic heterocycles. The molecule has 0 unspecified atom stereocenters. The van der Waals surface area contributed by atoms with Crippen molar-refractivity contribution in [3.63, 3.8) is 0 Å². The average Bonchev–Trinajstić information content (AvgIpc) is 2.77. The highest BCUT2D eigenvalue weighted by atomic mass is 127. The Labute approximate surface area is 160 Å². The molecule has 7 heteroatoms. The highest BCUT2D eigenvalue weighted by molar-refractivity contribution is 14.1. The van der Waals surface area contributed by atoms with Crippen LogP contribution in [0.5, 0.6) is 0 Å². The molecular weight excluding hydrogens is 520 g/mol. The summed E-state index contributed by atoms with van der Waals surface area (Å²) in [5.74, 6) is -0.781. The number of amides is 2. The number of anilines is 1. The van der Waals surface area contributed by atoms with Gasteiger partial charge in [0.1, 0.15) is 0 Å². The molecule has 0 aliphatic carbocycles. The summed E-state index contributed by atoms with van der Waals surface area (Å²) in [5.41, 5.74) is 2.66. The lowest BCUT2D eigenvalue weighted by atomic mass is 10.1. The molecule has 0 aromatic heterocycles. The largest absolute Gasteiger partial charge is 0.386 e. The lowest BCUT2D eigenvalue weighted by Gasteiger charge is -2.09. The fourth-order valence-electron chi connectivity index (χ4n) is 2.31. The maximum absolute atomic E-state index is 12.2. The quantitative estimate of drug-likeness (QED) is 0.375. The van der Waals surface area contributed by atoms with Crippen LogP contribution in [0, 0.1) is 7.14 Å². The lowest BCUT2D eigenvalue weighted by Crippen LogP contribution is -2.24. The van der Waals surface area contributed by atoms with Gasteiger partial charge in [-0.25, -0.2) is 0 Å². The molecular formula is C16H11I2N3O2. The average molecular weight is 531 g/mol. The van der Waals surface area contributed by atoms with Crippen LogP contribution in [-0.4, -0.2) is 30.1 Å². The standard InChI is InChI=1S/C16H11I2N3O2/c1-19-14-12(17)6-9(7-13(14)18)8-20-21-15(22)10-4-2-3-5-11(10)16(21)23/h2-8,19H,1H3/b20-8-. The number of nitrogens with one attached hydrogen (secondary N) is 1. The first-order valence-corrected chi connectivity index (χ1v) is 8.87. The van der Waals surface area contributed by atoms with Gasteiger partial charge in [0, 0.05) is 14.2 Å². The van der Waals surface area contributed by atoms with E-state index in [9.17, 15) is 9.59 Å². The number of halogens is 2. The van der Waals surface area contributed by atoms with E-state index in [-0.39, 0.29) is 0 Å². The third-order valence-electron chi connectivity index (χ3n) is 3.41. The molecule has 2 amide bonds. The Morgan fingerprint density at radius 2 is 1.57 bits per heavy atom. The normalized spacial score (nSPS) is 13.8. The highest BCUT2D eigenvalue weighted by Gasteiger charge is 2.35. The summed E-state index contributed by atoms with van der Waals surface area (Å²) < 4.78 is 2.08. The smallest absolute Gasteiger partial charge is 0.282 e. The first kappa shape index (κ1) is 16.4. The molecule has 0 fully saturated rings. The van der Waals surface area contributed by atoms with Crippen molar-refractivity contribution >= 4 is 68.9 Å². The molecule has 116 valence electrons. The van der Waals surface area contributed by atoms with Crippen molar-refractivity contribution in [2.24, 2.45) is 5.10 Å². The zero-order valence-electron chi connectivity index (χ0n) is 12.0. The Hall–Kier alpha value is -1.49. The molecule has 1 aliphatic rings. The predicted molar refractivity (Wildman–Crippen MR) is 106 cm³/mol. The third-order valence-corrected chi connectivity index (χ3v) is 5.11. The highest BCUT2D eigenvalue weighted by Crippen LogP contribution is 2.26. The zero-order valence-corrected chi connectivity index (χ0v) is 16.3. The van der Waals surface area contributed by atoms with E-state index >= 15 is 0 Å². The number of fused-ring (bicyclic) bond motifs is 1. The number of carbonyl (C=O) groups is 2. The number of hydrogen-bond acceptors (Lipinski definition) is 4. The van der Waals surface area contributed by atoms with Crippen molar-refractivity contribution < 1.29 is 9.59 Å². The Kier molecular flexibility index (Phi) is 4.67. The summed E-state index contributed by atoms with van der Waals surface area (Å²) in [5, 5.41) is 8.14. The molecule has 0 spiro atoms. The molecule has 1 N–H and O–H groups in total. The van der Waals surface area contributed by atoms with Gasteiger partial charge in [0.2, 0.25) is 0 Å². The van der Waals surface area contributed by atoms with Crippen LogP contribution in [0.3, 0.4) is 0 Å². The summed E-state index contributed by atoms with van der Waals surface area (Å²) in [4.78, 5) is 24.5. The van der Waals surface area contributed by atoms with Gasteiger partial charge in [0.25, 0.3) is 11.8 Å². The van der Waals surface area contributed by atoms with Crippen LogP contribution in [0.2, 0.25) is 0 Å². The summed E-state index contributed by atoms with van der Waals surface area (Å²) in [6.45, 7) is 0. The fourth-order valence-corrected chi connectivity index (χ4v) is 4.67. The zero-order chi connectivity index (χ0) is 16.6. The van der Waals surface area contributed by atoms with Gasteiger partial charge in [-0.1, -0.05) is 12.1 Å². The molecule has 0 atom stereocenters. The lowest BCUT2D eigenvalue weighted by molar-refractivity contribution is 0.0660. The summed E-state index contributed by atoms with van der Waals surface area (Å²) >= 11 is 4.46. The van der Waals surface area contributed by atoms with Crippen molar-refractivity contribution in [1.29, 1.82) is 0 Å². The number of hydrogen-bond donors (Lipinski definition) is 1. The van der Waals surface area contributed by atoms with Crippen molar-refractivity contribution in [3.8, 4) is 0 Å². The van der Waals surface area contributed by atoms with E-state index in [0.29, 0.717) is 11.1 Å². The minimum Gasteiger partial charge on any atom is -0.386 e. The number of rotatable bonds is 3. The van der Waals surface area contributed by atoms with Crippen LogP contribution in [0.25, 0.3) is 0 Å². The van der Waals surface area contributed by atoms with Crippen LogP contribution < -0.4 is 5.32 Å². The van der Waals surface area contributed by atoms with Gasteiger partial charge in [-0.3, -0.25) is 9.59 Å². The number of benzene rings is 2. The van der Waals surface area contributed by atoms with Gasteiger partial charge in [-0.15, -0.1) is 0 Å². The number of hydrazone groups is 1. The fraction of sp³-hybridized carbons (Fsp3) is 0.0625. The second-order valence-electron chi connectivity index (χ2n) is 4.82. The molecule has 1 heterocycles. The van der Waals surface area contributed by atoms with Gasteiger partial charge in [-0.05, 0) is 75.0 Å². The summed E-state index contributed by atoms with van der Waals surface area (Å²) in [7, 11) is 1.87. The van der Waals surface area contributed by atoms with Gasteiger partial charge in [0.05, 0.1) is 23.0 Å². The van der Waals surface area contributed by atoms with Gasteiger partial charge < -0.3 is 5.32 Å². The Bertz CT molecular complexity index is 791. The van der Waals surface area contributed by atoms with Crippen molar-refractivity contribution in [3.05, 3.63) is 60.2 Å². The van der Waals surface area contributed by atoms with Crippen LogP contribution in [0.4, 0.5) is 5.69 Å². The maximum atomic E-state index is 12.2. The Morgan fingerprint density at radius 3 is 2.04 bits per heavy atom. The minimum atomic E-state index is -0.391. The van der Waals surface area contributed by atoms with Crippen molar-refractivity contribution in [2.75, 3.05) is 12.4 Å².